The smallest absolute Gasteiger partial charge is 0.123 e. The highest BCUT2D eigenvalue weighted by Gasteiger charge is 2.30. The summed E-state index contributed by atoms with van der Waals surface area (Å²) in [5.41, 5.74) is 1.09. The molecule has 0 saturated carbocycles. The largest absolute Gasteiger partial charge is 0.313 e. The molecule has 4 heteroatoms. The van der Waals surface area contributed by atoms with E-state index in [1.807, 2.05) is 6.07 Å². The molecule has 1 fully saturated rings. The SMILES string of the molecule is CCNC(Cc1cccc(F)c1)C1CSC(C)C(C)S1. The second-order valence-electron chi connectivity index (χ2n) is 5.42. The normalized spacial score (nSPS) is 28.3. The fraction of sp³-hybridized carbons (Fsp3) is 0.625. The predicted octanol–water partition coefficient (Wildman–Crippen LogP) is 3.97. The van der Waals surface area contributed by atoms with Crippen molar-refractivity contribution in [3.63, 3.8) is 0 Å². The molecule has 112 valence electrons. The molecule has 0 bridgehead atoms. The molecule has 1 aliphatic rings. The number of hydrogen-bond donors (Lipinski definition) is 1. The van der Waals surface area contributed by atoms with E-state index in [2.05, 4.69) is 49.6 Å². The van der Waals surface area contributed by atoms with Crippen LogP contribution in [0.25, 0.3) is 0 Å². The molecule has 1 aromatic carbocycles. The standard InChI is InChI=1S/C16H24FNS2/c1-4-18-15(9-13-6-5-7-14(17)8-13)16-10-19-11(2)12(3)20-16/h5-8,11-12,15-16,18H,4,9-10H2,1-3H3. The topological polar surface area (TPSA) is 12.0 Å². The van der Waals surface area contributed by atoms with Gasteiger partial charge in [-0.3, -0.25) is 0 Å². The second-order valence-corrected chi connectivity index (χ2v) is 8.45. The molecule has 4 atom stereocenters. The van der Waals surface area contributed by atoms with Gasteiger partial charge in [0.2, 0.25) is 0 Å². The monoisotopic (exact) mass is 313 g/mol. The van der Waals surface area contributed by atoms with E-state index >= 15 is 0 Å². The number of rotatable bonds is 5. The first-order chi connectivity index (χ1) is 9.60. The fourth-order valence-electron chi connectivity index (χ4n) is 2.53. The van der Waals surface area contributed by atoms with Crippen molar-refractivity contribution >= 4 is 23.5 Å². The van der Waals surface area contributed by atoms with Gasteiger partial charge in [-0.05, 0) is 30.7 Å². The minimum Gasteiger partial charge on any atom is -0.313 e. The van der Waals surface area contributed by atoms with Crippen LogP contribution in [0.3, 0.4) is 0 Å². The Morgan fingerprint density at radius 1 is 1.35 bits per heavy atom. The summed E-state index contributed by atoms with van der Waals surface area (Å²) in [6, 6.07) is 7.44. The quantitative estimate of drug-likeness (QED) is 0.883. The van der Waals surface area contributed by atoms with Gasteiger partial charge >= 0.3 is 0 Å². The molecule has 1 aromatic rings. The van der Waals surface area contributed by atoms with Crippen LogP contribution >= 0.6 is 23.5 Å². The zero-order valence-electron chi connectivity index (χ0n) is 12.4. The van der Waals surface area contributed by atoms with Crippen LogP contribution in [0.15, 0.2) is 24.3 Å². The predicted molar refractivity (Wildman–Crippen MR) is 90.3 cm³/mol. The van der Waals surface area contributed by atoms with Gasteiger partial charge < -0.3 is 5.32 Å². The van der Waals surface area contributed by atoms with E-state index < -0.39 is 0 Å². The Bertz CT molecular complexity index is 427. The molecule has 0 amide bonds. The van der Waals surface area contributed by atoms with Crippen LogP contribution in [0.4, 0.5) is 4.39 Å². The maximum Gasteiger partial charge on any atom is 0.123 e. The van der Waals surface area contributed by atoms with Gasteiger partial charge in [0.05, 0.1) is 0 Å². The summed E-state index contributed by atoms with van der Waals surface area (Å²) in [5.74, 6) is 1.05. The third-order valence-electron chi connectivity index (χ3n) is 3.83. The van der Waals surface area contributed by atoms with Crippen molar-refractivity contribution in [1.29, 1.82) is 0 Å². The highest BCUT2D eigenvalue weighted by atomic mass is 32.2. The molecule has 1 aliphatic heterocycles. The van der Waals surface area contributed by atoms with Crippen molar-refractivity contribution in [3.05, 3.63) is 35.6 Å². The van der Waals surface area contributed by atoms with E-state index in [1.54, 1.807) is 12.1 Å². The molecular formula is C16H24FNS2. The zero-order chi connectivity index (χ0) is 14.5. The average molecular weight is 314 g/mol. The van der Waals surface area contributed by atoms with E-state index in [-0.39, 0.29) is 5.82 Å². The van der Waals surface area contributed by atoms with Gasteiger partial charge in [-0.2, -0.15) is 23.5 Å². The molecule has 2 rings (SSSR count). The Morgan fingerprint density at radius 2 is 2.15 bits per heavy atom. The number of benzene rings is 1. The third-order valence-corrected chi connectivity index (χ3v) is 7.38. The van der Waals surface area contributed by atoms with E-state index in [0.717, 1.165) is 23.8 Å². The molecule has 1 N–H and O–H groups in total. The summed E-state index contributed by atoms with van der Waals surface area (Å²) in [6.45, 7) is 7.74. The Balaban J connectivity index is 2.03. The molecule has 1 heterocycles. The van der Waals surface area contributed by atoms with Crippen LogP contribution in [-0.4, -0.2) is 34.1 Å². The fourth-order valence-corrected chi connectivity index (χ4v) is 5.66. The molecular weight excluding hydrogens is 289 g/mol. The Morgan fingerprint density at radius 3 is 2.80 bits per heavy atom. The molecule has 0 aliphatic carbocycles. The van der Waals surface area contributed by atoms with E-state index in [9.17, 15) is 4.39 Å². The zero-order valence-corrected chi connectivity index (χ0v) is 14.1. The number of halogens is 1. The third kappa shape index (κ3) is 4.40. The highest BCUT2D eigenvalue weighted by Crippen LogP contribution is 2.37. The van der Waals surface area contributed by atoms with Gasteiger partial charge in [-0.1, -0.05) is 32.9 Å². The van der Waals surface area contributed by atoms with Gasteiger partial charge in [0.1, 0.15) is 5.82 Å². The lowest BCUT2D eigenvalue weighted by Gasteiger charge is -2.36. The van der Waals surface area contributed by atoms with Gasteiger partial charge in [0.15, 0.2) is 0 Å². The van der Waals surface area contributed by atoms with Crippen LogP contribution in [0, 0.1) is 5.82 Å². The number of thioether (sulfide) groups is 2. The van der Waals surface area contributed by atoms with Crippen molar-refractivity contribution in [2.75, 3.05) is 12.3 Å². The average Bonchev–Trinajstić information content (AvgIpc) is 2.41. The highest BCUT2D eigenvalue weighted by molar-refractivity contribution is 8.07. The van der Waals surface area contributed by atoms with Crippen LogP contribution in [0.1, 0.15) is 26.3 Å². The first-order valence-corrected chi connectivity index (χ1v) is 9.34. The second kappa shape index (κ2) is 7.71. The molecule has 4 unspecified atom stereocenters. The van der Waals surface area contributed by atoms with Crippen LogP contribution < -0.4 is 5.32 Å². The Hall–Kier alpha value is -0.190. The van der Waals surface area contributed by atoms with E-state index in [1.165, 1.54) is 11.8 Å². The van der Waals surface area contributed by atoms with Crippen molar-refractivity contribution in [2.45, 2.75) is 49.0 Å². The maximum atomic E-state index is 13.3. The first-order valence-electron chi connectivity index (χ1n) is 7.35. The molecule has 1 saturated heterocycles. The molecule has 0 aromatic heterocycles. The van der Waals surface area contributed by atoms with Crippen molar-refractivity contribution in [2.24, 2.45) is 0 Å². The Labute approximate surface area is 130 Å². The van der Waals surface area contributed by atoms with E-state index in [0.29, 0.717) is 16.5 Å². The number of hydrogen-bond acceptors (Lipinski definition) is 3. The lowest BCUT2D eigenvalue weighted by atomic mass is 10.0. The lowest BCUT2D eigenvalue weighted by Crippen LogP contribution is -2.44. The number of nitrogens with one attached hydrogen (secondary N) is 1. The molecule has 0 spiro atoms. The maximum absolute atomic E-state index is 13.3. The summed E-state index contributed by atoms with van der Waals surface area (Å²) >= 11 is 4.16. The molecule has 0 radical (unpaired) electrons. The minimum atomic E-state index is -0.134. The van der Waals surface area contributed by atoms with Gasteiger partial charge in [-0.25, -0.2) is 4.39 Å². The summed E-state index contributed by atoms with van der Waals surface area (Å²) in [6.07, 6.45) is 0.908. The van der Waals surface area contributed by atoms with Crippen molar-refractivity contribution < 1.29 is 4.39 Å². The molecule has 1 nitrogen and oxygen atoms in total. The van der Waals surface area contributed by atoms with Gasteiger partial charge in [-0.15, -0.1) is 0 Å². The summed E-state index contributed by atoms with van der Waals surface area (Å²) in [5, 5.41) is 5.62. The summed E-state index contributed by atoms with van der Waals surface area (Å²) in [4.78, 5) is 0. The number of likely N-dealkylation sites (N-methyl/N-ethyl adjacent to an activating group) is 1. The first kappa shape index (κ1) is 16.2. The van der Waals surface area contributed by atoms with Gasteiger partial charge in [0, 0.05) is 27.5 Å². The Kier molecular flexibility index (Phi) is 6.24. The van der Waals surface area contributed by atoms with Gasteiger partial charge in [0.25, 0.3) is 0 Å². The van der Waals surface area contributed by atoms with Crippen molar-refractivity contribution in [1.82, 2.24) is 5.32 Å². The summed E-state index contributed by atoms with van der Waals surface area (Å²) < 4.78 is 13.3. The van der Waals surface area contributed by atoms with Crippen molar-refractivity contribution in [3.8, 4) is 0 Å². The van der Waals surface area contributed by atoms with E-state index in [4.69, 9.17) is 0 Å². The summed E-state index contributed by atoms with van der Waals surface area (Å²) in [7, 11) is 0. The minimum absolute atomic E-state index is 0.134. The van der Waals surface area contributed by atoms with Crippen LogP contribution in [0.2, 0.25) is 0 Å². The molecule has 20 heavy (non-hydrogen) atoms. The van der Waals surface area contributed by atoms with Crippen LogP contribution in [-0.2, 0) is 6.42 Å². The lowest BCUT2D eigenvalue weighted by molar-refractivity contribution is 0.518. The van der Waals surface area contributed by atoms with Crippen LogP contribution in [0.5, 0.6) is 0 Å².